The largest absolute Gasteiger partial charge is 0.480 e. The fraction of sp³-hybridized carbons (Fsp3) is 0.200. The highest BCUT2D eigenvalue weighted by atomic mass is 32.2. The van der Waals surface area contributed by atoms with Crippen LogP contribution in [0, 0.1) is 6.92 Å². The van der Waals surface area contributed by atoms with Crippen LogP contribution in [0.5, 0.6) is 0 Å². The Morgan fingerprint density at radius 2 is 1.86 bits per heavy atom. The summed E-state index contributed by atoms with van der Waals surface area (Å²) >= 11 is 0.923. The lowest BCUT2D eigenvalue weighted by Gasteiger charge is -2.21. The molecule has 0 saturated carbocycles. The zero-order chi connectivity index (χ0) is 20.3. The number of thioether (sulfide) groups is 1. The van der Waals surface area contributed by atoms with Crippen LogP contribution in [0.4, 0.5) is 10.5 Å². The molecule has 1 aliphatic heterocycles. The first-order chi connectivity index (χ1) is 13.3. The van der Waals surface area contributed by atoms with Crippen LogP contribution in [0.15, 0.2) is 48.5 Å². The molecule has 1 heterocycles. The number of hydrogen-bond donors (Lipinski definition) is 2. The van der Waals surface area contributed by atoms with E-state index in [2.05, 4.69) is 5.32 Å². The minimum atomic E-state index is -1.12. The number of carbonyl (C=O) groups is 4. The molecule has 7 nitrogen and oxygen atoms in total. The van der Waals surface area contributed by atoms with Gasteiger partial charge < -0.3 is 5.11 Å². The summed E-state index contributed by atoms with van der Waals surface area (Å²) in [5.74, 6) is -1.92. The van der Waals surface area contributed by atoms with Crippen LogP contribution in [0.1, 0.15) is 21.5 Å². The second kappa shape index (κ2) is 8.26. The molecule has 3 rings (SSSR count). The molecule has 8 heteroatoms. The van der Waals surface area contributed by atoms with Crippen molar-refractivity contribution in [3.8, 4) is 0 Å². The second-order valence-corrected chi connectivity index (χ2v) is 7.58. The van der Waals surface area contributed by atoms with Crippen molar-refractivity contribution in [3.63, 3.8) is 0 Å². The number of carbonyl (C=O) groups excluding carboxylic acids is 3. The Labute approximate surface area is 165 Å². The van der Waals surface area contributed by atoms with Crippen molar-refractivity contribution in [2.24, 2.45) is 0 Å². The number of imide groups is 1. The molecule has 1 atom stereocenters. The Morgan fingerprint density at radius 1 is 1.14 bits per heavy atom. The third-order valence-corrected chi connectivity index (χ3v) is 5.23. The lowest BCUT2D eigenvalue weighted by atomic mass is 10.0. The van der Waals surface area contributed by atoms with Crippen molar-refractivity contribution in [2.45, 2.75) is 18.6 Å². The standard InChI is InChI=1S/C20H18N2O5S/c1-12-5-7-15(8-6-12)22(11-17(23)24)19(26)14-4-2-3-13(9-14)10-16-18(25)21-20(27)28-16/h2-9,16H,10-11H2,1H3,(H,23,24)(H,21,25,27). The van der Waals surface area contributed by atoms with E-state index in [0.29, 0.717) is 23.2 Å². The molecular weight excluding hydrogens is 380 g/mol. The zero-order valence-corrected chi connectivity index (χ0v) is 15.9. The van der Waals surface area contributed by atoms with E-state index >= 15 is 0 Å². The quantitative estimate of drug-likeness (QED) is 0.775. The number of aryl methyl sites for hydroxylation is 1. The van der Waals surface area contributed by atoms with Gasteiger partial charge in [-0.3, -0.25) is 29.4 Å². The van der Waals surface area contributed by atoms with Crippen LogP contribution >= 0.6 is 11.8 Å². The lowest BCUT2D eigenvalue weighted by molar-refractivity contribution is -0.135. The normalized spacial score (nSPS) is 16.0. The first-order valence-corrected chi connectivity index (χ1v) is 9.42. The predicted octanol–water partition coefficient (Wildman–Crippen LogP) is 2.62. The average molecular weight is 398 g/mol. The third-order valence-electron chi connectivity index (χ3n) is 4.25. The second-order valence-electron chi connectivity index (χ2n) is 6.41. The summed E-state index contributed by atoms with van der Waals surface area (Å²) in [6, 6.07) is 13.7. The monoisotopic (exact) mass is 398 g/mol. The van der Waals surface area contributed by atoms with Crippen molar-refractivity contribution in [2.75, 3.05) is 11.4 Å². The fourth-order valence-corrected chi connectivity index (χ4v) is 3.73. The summed E-state index contributed by atoms with van der Waals surface area (Å²) < 4.78 is 0. The number of nitrogens with one attached hydrogen (secondary N) is 1. The molecule has 0 aromatic heterocycles. The van der Waals surface area contributed by atoms with Crippen LogP contribution in [0.2, 0.25) is 0 Å². The lowest BCUT2D eigenvalue weighted by Crippen LogP contribution is -2.35. The molecule has 2 N–H and O–H groups in total. The van der Waals surface area contributed by atoms with Crippen molar-refractivity contribution in [3.05, 3.63) is 65.2 Å². The van der Waals surface area contributed by atoms with E-state index in [1.165, 1.54) is 4.90 Å². The molecule has 2 aromatic rings. The number of carboxylic acid groups (broad SMARTS) is 1. The van der Waals surface area contributed by atoms with Gasteiger partial charge in [-0.2, -0.15) is 0 Å². The van der Waals surface area contributed by atoms with Gasteiger partial charge in [-0.05, 0) is 43.2 Å². The minimum Gasteiger partial charge on any atom is -0.480 e. The van der Waals surface area contributed by atoms with Gasteiger partial charge in [-0.15, -0.1) is 0 Å². The smallest absolute Gasteiger partial charge is 0.323 e. The number of anilines is 1. The Kier molecular flexibility index (Phi) is 5.79. The van der Waals surface area contributed by atoms with Gasteiger partial charge in [-0.25, -0.2) is 0 Å². The summed E-state index contributed by atoms with van der Waals surface area (Å²) in [5.41, 5.74) is 2.51. The maximum atomic E-state index is 13.0. The molecule has 28 heavy (non-hydrogen) atoms. The van der Waals surface area contributed by atoms with E-state index in [4.69, 9.17) is 0 Å². The average Bonchev–Trinajstić information content (AvgIpc) is 2.97. The van der Waals surface area contributed by atoms with Gasteiger partial charge in [0.1, 0.15) is 6.54 Å². The van der Waals surface area contributed by atoms with Gasteiger partial charge in [0.25, 0.3) is 11.1 Å². The number of hydrogen-bond acceptors (Lipinski definition) is 5. The molecular formula is C20H18N2O5S. The maximum Gasteiger partial charge on any atom is 0.323 e. The summed E-state index contributed by atoms with van der Waals surface area (Å²) in [6.07, 6.45) is 0.298. The maximum absolute atomic E-state index is 13.0. The van der Waals surface area contributed by atoms with Crippen LogP contribution in [0.25, 0.3) is 0 Å². The number of benzene rings is 2. The van der Waals surface area contributed by atoms with Crippen LogP contribution < -0.4 is 10.2 Å². The highest BCUT2D eigenvalue weighted by molar-refractivity contribution is 8.15. The first-order valence-electron chi connectivity index (χ1n) is 8.54. The molecule has 144 valence electrons. The van der Waals surface area contributed by atoms with E-state index in [1.807, 2.05) is 6.92 Å². The number of carboxylic acids is 1. The predicted molar refractivity (Wildman–Crippen MR) is 106 cm³/mol. The third kappa shape index (κ3) is 4.58. The first kappa shape index (κ1) is 19.6. The molecule has 0 radical (unpaired) electrons. The van der Waals surface area contributed by atoms with Gasteiger partial charge in [0.2, 0.25) is 5.91 Å². The molecule has 2 aromatic carbocycles. The van der Waals surface area contributed by atoms with E-state index in [9.17, 15) is 24.3 Å². The van der Waals surface area contributed by atoms with Crippen LogP contribution in [0.3, 0.4) is 0 Å². The van der Waals surface area contributed by atoms with E-state index in [-0.39, 0.29) is 11.1 Å². The fourth-order valence-electron chi connectivity index (χ4n) is 2.87. The van der Waals surface area contributed by atoms with Gasteiger partial charge in [0.15, 0.2) is 0 Å². The molecule has 3 amide bonds. The van der Waals surface area contributed by atoms with Crippen molar-refractivity contribution in [1.82, 2.24) is 5.32 Å². The van der Waals surface area contributed by atoms with Crippen molar-refractivity contribution >= 4 is 40.5 Å². The molecule has 1 aliphatic rings. The zero-order valence-electron chi connectivity index (χ0n) is 15.0. The van der Waals surface area contributed by atoms with Crippen LogP contribution in [-0.2, 0) is 16.0 Å². The minimum absolute atomic E-state index is 0.298. The Morgan fingerprint density at radius 3 is 2.46 bits per heavy atom. The Bertz CT molecular complexity index is 942. The van der Waals surface area contributed by atoms with E-state index in [1.54, 1.807) is 48.5 Å². The molecule has 0 aliphatic carbocycles. The van der Waals surface area contributed by atoms with Crippen molar-refractivity contribution in [1.29, 1.82) is 0 Å². The molecule has 1 fully saturated rings. The van der Waals surface area contributed by atoms with Gasteiger partial charge in [-0.1, -0.05) is 41.6 Å². The van der Waals surface area contributed by atoms with E-state index < -0.39 is 23.7 Å². The highest BCUT2D eigenvalue weighted by Gasteiger charge is 2.31. The number of rotatable bonds is 6. The van der Waals surface area contributed by atoms with Crippen LogP contribution in [-0.4, -0.2) is 39.9 Å². The molecule has 0 spiro atoms. The Hall–Kier alpha value is -3.13. The summed E-state index contributed by atoms with van der Waals surface area (Å²) in [6.45, 7) is 1.43. The number of nitrogens with zero attached hydrogens (tertiary/aromatic N) is 1. The molecule has 1 unspecified atom stereocenters. The van der Waals surface area contributed by atoms with Gasteiger partial charge in [0.05, 0.1) is 5.25 Å². The van der Waals surface area contributed by atoms with E-state index in [0.717, 1.165) is 17.3 Å². The molecule has 1 saturated heterocycles. The number of amides is 3. The highest BCUT2D eigenvalue weighted by Crippen LogP contribution is 2.24. The number of aliphatic carboxylic acids is 1. The Balaban J connectivity index is 1.84. The van der Waals surface area contributed by atoms with Gasteiger partial charge >= 0.3 is 5.97 Å². The van der Waals surface area contributed by atoms with Gasteiger partial charge in [0, 0.05) is 11.3 Å². The molecule has 0 bridgehead atoms. The summed E-state index contributed by atoms with van der Waals surface area (Å²) in [5, 5.41) is 10.5. The summed E-state index contributed by atoms with van der Waals surface area (Å²) in [7, 11) is 0. The SMILES string of the molecule is Cc1ccc(N(CC(=O)O)C(=O)c2cccc(CC3SC(=O)NC3=O)c2)cc1. The topological polar surface area (TPSA) is 104 Å². The summed E-state index contributed by atoms with van der Waals surface area (Å²) in [4.78, 5) is 48.5. The van der Waals surface area contributed by atoms with Crippen molar-refractivity contribution < 1.29 is 24.3 Å².